The third-order valence-electron chi connectivity index (χ3n) is 3.53. The molecule has 0 aliphatic carbocycles. The Balaban J connectivity index is 2.23. The van der Waals surface area contributed by atoms with Crippen molar-refractivity contribution in [1.82, 2.24) is 0 Å². The molecule has 5 nitrogen and oxygen atoms in total. The molecular weight excluding hydrogens is 292 g/mol. The normalized spacial score (nSPS) is 10.1. The van der Waals surface area contributed by atoms with Crippen LogP contribution in [0.15, 0.2) is 42.5 Å². The van der Waals surface area contributed by atoms with Gasteiger partial charge in [-0.05, 0) is 43.7 Å². The topological polar surface area (TPSA) is 50.8 Å². The van der Waals surface area contributed by atoms with Crippen LogP contribution in [0.4, 0.5) is 16.2 Å². The summed E-state index contributed by atoms with van der Waals surface area (Å²) < 4.78 is 10.5. The van der Waals surface area contributed by atoms with Crippen LogP contribution in [0.25, 0.3) is 0 Å². The fourth-order valence-corrected chi connectivity index (χ4v) is 2.32. The Hall–Kier alpha value is -2.69. The molecule has 0 atom stereocenters. The van der Waals surface area contributed by atoms with Gasteiger partial charge in [0.2, 0.25) is 0 Å². The number of nitrogens with zero attached hydrogens (tertiary/aromatic N) is 1. The van der Waals surface area contributed by atoms with E-state index in [0.717, 1.165) is 11.3 Å². The van der Waals surface area contributed by atoms with Crippen LogP contribution in [0, 0.1) is 6.92 Å². The number of hydrogen-bond donors (Lipinski definition) is 1. The summed E-state index contributed by atoms with van der Waals surface area (Å²) in [5, 5.41) is 2.89. The molecule has 0 radical (unpaired) electrons. The first kappa shape index (κ1) is 16.7. The van der Waals surface area contributed by atoms with Crippen molar-refractivity contribution < 1.29 is 14.3 Å². The number of rotatable bonds is 5. The molecule has 0 fully saturated rings. The highest BCUT2D eigenvalue weighted by atomic mass is 16.5. The number of benzene rings is 2. The number of carbonyl (C=O) groups is 1. The van der Waals surface area contributed by atoms with Crippen molar-refractivity contribution in [2.24, 2.45) is 0 Å². The second kappa shape index (κ2) is 7.54. The Morgan fingerprint density at radius 2 is 1.91 bits per heavy atom. The zero-order valence-corrected chi connectivity index (χ0v) is 13.9. The van der Waals surface area contributed by atoms with Crippen molar-refractivity contribution in [1.29, 1.82) is 0 Å². The fourth-order valence-electron chi connectivity index (χ4n) is 2.32. The molecule has 2 rings (SSSR count). The van der Waals surface area contributed by atoms with Crippen LogP contribution in [0.5, 0.6) is 11.5 Å². The van der Waals surface area contributed by atoms with Gasteiger partial charge in [-0.1, -0.05) is 12.1 Å². The van der Waals surface area contributed by atoms with Gasteiger partial charge in [0, 0.05) is 18.3 Å². The lowest BCUT2D eigenvalue weighted by atomic mass is 10.2. The van der Waals surface area contributed by atoms with Crippen molar-refractivity contribution in [2.45, 2.75) is 13.8 Å². The standard InChI is InChI=1S/C18H22N2O3/c1-5-20(14-8-6-7-13(2)11-14)18(21)19-16-10-9-15(22-3)12-17(16)23-4/h6-12H,5H2,1-4H3,(H,19,21). The maximum absolute atomic E-state index is 12.6. The van der Waals surface area contributed by atoms with Gasteiger partial charge in [0.05, 0.1) is 19.9 Å². The van der Waals surface area contributed by atoms with Crippen molar-refractivity contribution in [3.63, 3.8) is 0 Å². The summed E-state index contributed by atoms with van der Waals surface area (Å²) in [6.07, 6.45) is 0. The molecule has 0 aliphatic rings. The summed E-state index contributed by atoms with van der Waals surface area (Å²) in [5.74, 6) is 1.23. The van der Waals surface area contributed by atoms with Gasteiger partial charge >= 0.3 is 6.03 Å². The van der Waals surface area contributed by atoms with Crippen LogP contribution in [0.3, 0.4) is 0 Å². The second-order valence-electron chi connectivity index (χ2n) is 5.08. The highest BCUT2D eigenvalue weighted by Gasteiger charge is 2.16. The van der Waals surface area contributed by atoms with Crippen LogP contribution >= 0.6 is 0 Å². The number of anilines is 2. The molecule has 2 amide bonds. The van der Waals surface area contributed by atoms with Crippen molar-refractivity contribution in [3.05, 3.63) is 48.0 Å². The Kier molecular flexibility index (Phi) is 5.46. The van der Waals surface area contributed by atoms with Gasteiger partial charge in [-0.2, -0.15) is 0 Å². The Morgan fingerprint density at radius 3 is 2.52 bits per heavy atom. The minimum absolute atomic E-state index is 0.207. The fraction of sp³-hybridized carbons (Fsp3) is 0.278. The smallest absolute Gasteiger partial charge is 0.326 e. The van der Waals surface area contributed by atoms with Gasteiger partial charge in [-0.25, -0.2) is 4.79 Å². The number of carbonyl (C=O) groups excluding carboxylic acids is 1. The molecule has 23 heavy (non-hydrogen) atoms. The SMILES string of the molecule is CCN(C(=O)Nc1ccc(OC)cc1OC)c1cccc(C)c1. The third kappa shape index (κ3) is 3.94. The van der Waals surface area contributed by atoms with E-state index < -0.39 is 0 Å². The predicted molar refractivity (Wildman–Crippen MR) is 92.8 cm³/mol. The highest BCUT2D eigenvalue weighted by molar-refractivity contribution is 6.02. The van der Waals surface area contributed by atoms with E-state index in [4.69, 9.17) is 9.47 Å². The molecule has 0 unspecified atom stereocenters. The Morgan fingerprint density at radius 1 is 1.13 bits per heavy atom. The molecule has 1 N–H and O–H groups in total. The lowest BCUT2D eigenvalue weighted by Crippen LogP contribution is -2.34. The number of nitrogens with one attached hydrogen (secondary N) is 1. The number of methoxy groups -OCH3 is 2. The average Bonchev–Trinajstić information content (AvgIpc) is 2.56. The van der Waals surface area contributed by atoms with Gasteiger partial charge in [0.15, 0.2) is 0 Å². The largest absolute Gasteiger partial charge is 0.497 e. The van der Waals surface area contributed by atoms with Gasteiger partial charge in [0.1, 0.15) is 11.5 Å². The minimum Gasteiger partial charge on any atom is -0.497 e. The van der Waals surface area contributed by atoms with Crippen LogP contribution in [0.2, 0.25) is 0 Å². The van der Waals surface area contributed by atoms with Gasteiger partial charge < -0.3 is 14.8 Å². The van der Waals surface area contributed by atoms with Crippen LogP contribution < -0.4 is 19.7 Å². The quantitative estimate of drug-likeness (QED) is 0.905. The lowest BCUT2D eigenvalue weighted by Gasteiger charge is -2.22. The van der Waals surface area contributed by atoms with Gasteiger partial charge in [-0.15, -0.1) is 0 Å². The zero-order chi connectivity index (χ0) is 16.8. The summed E-state index contributed by atoms with van der Waals surface area (Å²) in [6, 6.07) is 12.9. The van der Waals surface area contributed by atoms with Crippen LogP contribution in [0.1, 0.15) is 12.5 Å². The van der Waals surface area contributed by atoms with E-state index in [1.54, 1.807) is 37.3 Å². The summed E-state index contributed by atoms with van der Waals surface area (Å²) >= 11 is 0. The van der Waals surface area contributed by atoms with E-state index in [1.165, 1.54) is 0 Å². The molecule has 5 heteroatoms. The highest BCUT2D eigenvalue weighted by Crippen LogP contribution is 2.29. The number of hydrogen-bond acceptors (Lipinski definition) is 3. The number of urea groups is 1. The number of aryl methyl sites for hydroxylation is 1. The molecule has 0 heterocycles. The predicted octanol–water partition coefficient (Wildman–Crippen LogP) is 4.07. The van der Waals surface area contributed by atoms with E-state index in [0.29, 0.717) is 23.7 Å². The molecule has 0 spiro atoms. The van der Waals surface area contributed by atoms with Crippen LogP contribution in [-0.2, 0) is 0 Å². The average molecular weight is 314 g/mol. The van der Waals surface area contributed by atoms with Crippen molar-refractivity contribution >= 4 is 17.4 Å². The maximum Gasteiger partial charge on any atom is 0.326 e. The first-order chi connectivity index (χ1) is 11.1. The molecule has 0 aliphatic heterocycles. The molecular formula is C18H22N2O3. The van der Waals surface area contributed by atoms with Crippen molar-refractivity contribution in [2.75, 3.05) is 31.0 Å². The van der Waals surface area contributed by atoms with Gasteiger partial charge in [-0.3, -0.25) is 4.90 Å². The third-order valence-corrected chi connectivity index (χ3v) is 3.53. The molecule has 0 aromatic heterocycles. The van der Waals surface area contributed by atoms with E-state index in [1.807, 2.05) is 38.1 Å². The van der Waals surface area contributed by atoms with E-state index in [2.05, 4.69) is 5.32 Å². The summed E-state index contributed by atoms with van der Waals surface area (Å²) in [7, 11) is 3.14. The monoisotopic (exact) mass is 314 g/mol. The minimum atomic E-state index is -0.207. The second-order valence-corrected chi connectivity index (χ2v) is 5.08. The number of ether oxygens (including phenoxy) is 2. The Labute approximate surface area is 136 Å². The summed E-state index contributed by atoms with van der Waals surface area (Å²) in [5.41, 5.74) is 2.57. The maximum atomic E-state index is 12.6. The molecule has 0 saturated heterocycles. The van der Waals surface area contributed by atoms with Gasteiger partial charge in [0.25, 0.3) is 0 Å². The van der Waals surface area contributed by atoms with E-state index in [-0.39, 0.29) is 6.03 Å². The molecule has 0 bridgehead atoms. The lowest BCUT2D eigenvalue weighted by molar-refractivity contribution is 0.257. The summed E-state index contributed by atoms with van der Waals surface area (Å²) in [4.78, 5) is 14.3. The Bertz CT molecular complexity index is 686. The first-order valence-electron chi connectivity index (χ1n) is 7.46. The van der Waals surface area contributed by atoms with Crippen LogP contribution in [-0.4, -0.2) is 26.8 Å². The molecule has 2 aromatic carbocycles. The zero-order valence-electron chi connectivity index (χ0n) is 13.9. The van der Waals surface area contributed by atoms with Crippen molar-refractivity contribution in [3.8, 4) is 11.5 Å². The number of amides is 2. The summed E-state index contributed by atoms with van der Waals surface area (Å²) in [6.45, 7) is 4.50. The van der Waals surface area contributed by atoms with E-state index >= 15 is 0 Å². The molecule has 0 saturated carbocycles. The first-order valence-corrected chi connectivity index (χ1v) is 7.46. The molecule has 122 valence electrons. The van der Waals surface area contributed by atoms with E-state index in [9.17, 15) is 4.79 Å². The molecule has 2 aromatic rings.